The molecular weight excluding hydrogens is 216 g/mol. The molecule has 1 aromatic rings. The van der Waals surface area contributed by atoms with Crippen LogP contribution in [-0.2, 0) is 4.79 Å². The van der Waals surface area contributed by atoms with Gasteiger partial charge in [0.15, 0.2) is 0 Å². The standard InChI is InChI=1S/C13H16N2O2/c1-13(2)9(10(13)12(16)17)8-5-14-11(15-6-8)7-3-4-7/h5-7,9-10H,3-4H2,1-2H3,(H,16,17)/t9-,10+/m1/s1. The van der Waals surface area contributed by atoms with Gasteiger partial charge < -0.3 is 5.11 Å². The third kappa shape index (κ3) is 1.63. The first-order chi connectivity index (χ1) is 8.01. The maximum Gasteiger partial charge on any atom is 0.307 e. The third-order valence-corrected chi connectivity index (χ3v) is 4.09. The average molecular weight is 232 g/mol. The molecule has 0 saturated heterocycles. The number of nitrogens with zero attached hydrogens (tertiary/aromatic N) is 2. The Hall–Kier alpha value is -1.45. The highest BCUT2D eigenvalue weighted by Crippen LogP contribution is 2.64. The topological polar surface area (TPSA) is 63.1 Å². The Morgan fingerprint density at radius 2 is 1.94 bits per heavy atom. The summed E-state index contributed by atoms with van der Waals surface area (Å²) in [6.45, 7) is 3.98. The van der Waals surface area contributed by atoms with Gasteiger partial charge in [-0.1, -0.05) is 13.8 Å². The van der Waals surface area contributed by atoms with E-state index in [1.165, 1.54) is 12.8 Å². The molecule has 0 aromatic carbocycles. The summed E-state index contributed by atoms with van der Waals surface area (Å²) in [6.07, 6.45) is 6.00. The summed E-state index contributed by atoms with van der Waals surface area (Å²) in [5.74, 6) is 0.517. The molecule has 0 bridgehead atoms. The molecule has 2 aliphatic rings. The number of carbonyl (C=O) groups is 1. The van der Waals surface area contributed by atoms with Gasteiger partial charge in [0.2, 0.25) is 0 Å². The fourth-order valence-corrected chi connectivity index (χ4v) is 2.78. The van der Waals surface area contributed by atoms with Gasteiger partial charge in [-0.2, -0.15) is 0 Å². The number of aliphatic carboxylic acids is 1. The highest BCUT2D eigenvalue weighted by atomic mass is 16.4. The average Bonchev–Trinajstić information content (AvgIpc) is 3.13. The Morgan fingerprint density at radius 3 is 2.35 bits per heavy atom. The molecule has 0 aliphatic heterocycles. The van der Waals surface area contributed by atoms with Gasteiger partial charge in [-0.15, -0.1) is 0 Å². The normalized spacial score (nSPS) is 30.0. The maximum atomic E-state index is 11.1. The van der Waals surface area contributed by atoms with Crippen LogP contribution >= 0.6 is 0 Å². The Kier molecular flexibility index (Phi) is 2.06. The van der Waals surface area contributed by atoms with Crippen LogP contribution in [0.5, 0.6) is 0 Å². The van der Waals surface area contributed by atoms with Gasteiger partial charge in [0.1, 0.15) is 5.82 Å². The fraction of sp³-hybridized carbons (Fsp3) is 0.615. The van der Waals surface area contributed by atoms with E-state index in [0.717, 1.165) is 11.4 Å². The fourth-order valence-electron chi connectivity index (χ4n) is 2.78. The van der Waals surface area contributed by atoms with Crippen molar-refractivity contribution in [3.8, 4) is 0 Å². The molecule has 2 atom stereocenters. The van der Waals surface area contributed by atoms with E-state index in [-0.39, 0.29) is 17.3 Å². The van der Waals surface area contributed by atoms with E-state index in [9.17, 15) is 4.79 Å². The van der Waals surface area contributed by atoms with Gasteiger partial charge in [-0.25, -0.2) is 9.97 Å². The largest absolute Gasteiger partial charge is 0.481 e. The number of aromatic nitrogens is 2. The van der Waals surface area contributed by atoms with Crippen molar-refractivity contribution < 1.29 is 9.90 Å². The number of rotatable bonds is 3. The minimum Gasteiger partial charge on any atom is -0.481 e. The molecule has 1 aromatic heterocycles. The molecular formula is C13H16N2O2. The first-order valence-electron chi connectivity index (χ1n) is 6.06. The van der Waals surface area contributed by atoms with E-state index in [1.807, 2.05) is 26.2 Å². The third-order valence-electron chi connectivity index (χ3n) is 4.09. The SMILES string of the molecule is CC1(C)[C@H](C(=O)O)[C@H]1c1cnc(C2CC2)nc1. The molecule has 17 heavy (non-hydrogen) atoms. The zero-order chi connectivity index (χ0) is 12.2. The van der Waals surface area contributed by atoms with Crippen molar-refractivity contribution in [3.63, 3.8) is 0 Å². The smallest absolute Gasteiger partial charge is 0.307 e. The molecule has 1 N–H and O–H groups in total. The van der Waals surface area contributed by atoms with Gasteiger partial charge in [-0.05, 0) is 23.8 Å². The van der Waals surface area contributed by atoms with Crippen molar-refractivity contribution in [3.05, 3.63) is 23.8 Å². The van der Waals surface area contributed by atoms with Crippen LogP contribution in [0.15, 0.2) is 12.4 Å². The van der Waals surface area contributed by atoms with Gasteiger partial charge >= 0.3 is 5.97 Å². The van der Waals surface area contributed by atoms with Gasteiger partial charge in [-0.3, -0.25) is 4.79 Å². The predicted molar refractivity (Wildman–Crippen MR) is 61.7 cm³/mol. The molecule has 0 radical (unpaired) electrons. The van der Waals surface area contributed by atoms with Crippen molar-refractivity contribution in [1.29, 1.82) is 0 Å². The van der Waals surface area contributed by atoms with Crippen LogP contribution < -0.4 is 0 Å². The number of carboxylic acid groups (broad SMARTS) is 1. The number of hydrogen-bond acceptors (Lipinski definition) is 3. The molecule has 4 heteroatoms. The summed E-state index contributed by atoms with van der Waals surface area (Å²) in [4.78, 5) is 19.8. The van der Waals surface area contributed by atoms with Crippen LogP contribution in [0.25, 0.3) is 0 Å². The molecule has 0 amide bonds. The summed E-state index contributed by atoms with van der Waals surface area (Å²) < 4.78 is 0. The second-order valence-electron chi connectivity index (χ2n) is 5.76. The minimum atomic E-state index is -0.716. The molecule has 2 saturated carbocycles. The van der Waals surface area contributed by atoms with Crippen molar-refractivity contribution in [2.45, 2.75) is 38.5 Å². The molecule has 0 unspecified atom stereocenters. The van der Waals surface area contributed by atoms with E-state index in [4.69, 9.17) is 5.11 Å². The Labute approximate surface area is 100 Å². The van der Waals surface area contributed by atoms with Crippen LogP contribution in [0.2, 0.25) is 0 Å². The first-order valence-corrected chi connectivity index (χ1v) is 6.06. The van der Waals surface area contributed by atoms with Crippen LogP contribution in [0.1, 0.15) is 49.9 Å². The summed E-state index contributed by atoms with van der Waals surface area (Å²) >= 11 is 0. The monoisotopic (exact) mass is 232 g/mol. The lowest BCUT2D eigenvalue weighted by Crippen LogP contribution is -2.03. The van der Waals surface area contributed by atoms with E-state index in [0.29, 0.717) is 5.92 Å². The summed E-state index contributed by atoms with van der Waals surface area (Å²) in [6, 6.07) is 0. The molecule has 0 spiro atoms. The molecule has 3 rings (SSSR count). The highest BCUT2D eigenvalue weighted by molar-refractivity contribution is 5.77. The van der Waals surface area contributed by atoms with Crippen molar-refractivity contribution in [2.24, 2.45) is 11.3 Å². The highest BCUT2D eigenvalue weighted by Gasteiger charge is 2.62. The summed E-state index contributed by atoms with van der Waals surface area (Å²) in [7, 11) is 0. The number of hydrogen-bond donors (Lipinski definition) is 1. The van der Waals surface area contributed by atoms with Crippen LogP contribution in [0.4, 0.5) is 0 Å². The van der Waals surface area contributed by atoms with E-state index >= 15 is 0 Å². The van der Waals surface area contributed by atoms with Crippen molar-refractivity contribution in [1.82, 2.24) is 9.97 Å². The van der Waals surface area contributed by atoms with Crippen LogP contribution in [0.3, 0.4) is 0 Å². The lowest BCUT2D eigenvalue weighted by atomic mass is 10.1. The van der Waals surface area contributed by atoms with Gasteiger partial charge in [0.25, 0.3) is 0 Å². The predicted octanol–water partition coefficient (Wildman–Crippen LogP) is 2.18. The second kappa shape index (κ2) is 3.28. The van der Waals surface area contributed by atoms with Crippen LogP contribution in [-0.4, -0.2) is 21.0 Å². The Balaban J connectivity index is 1.83. The molecule has 1 heterocycles. The van der Waals surface area contributed by atoms with Gasteiger partial charge in [0.05, 0.1) is 5.92 Å². The summed E-state index contributed by atoms with van der Waals surface area (Å²) in [5, 5.41) is 9.13. The van der Waals surface area contributed by atoms with E-state index in [1.54, 1.807) is 0 Å². The quantitative estimate of drug-likeness (QED) is 0.867. The zero-order valence-corrected chi connectivity index (χ0v) is 10.1. The van der Waals surface area contributed by atoms with E-state index in [2.05, 4.69) is 9.97 Å². The molecule has 4 nitrogen and oxygen atoms in total. The molecule has 2 aliphatic carbocycles. The first kappa shape index (κ1) is 10.7. The van der Waals surface area contributed by atoms with Crippen molar-refractivity contribution in [2.75, 3.05) is 0 Å². The maximum absolute atomic E-state index is 11.1. The summed E-state index contributed by atoms with van der Waals surface area (Å²) in [5.41, 5.74) is 0.794. The van der Waals surface area contributed by atoms with Gasteiger partial charge in [0, 0.05) is 24.2 Å². The Morgan fingerprint density at radius 1 is 1.35 bits per heavy atom. The van der Waals surface area contributed by atoms with Crippen molar-refractivity contribution >= 4 is 5.97 Å². The lowest BCUT2D eigenvalue weighted by molar-refractivity contribution is -0.139. The molecule has 2 fully saturated rings. The zero-order valence-electron chi connectivity index (χ0n) is 10.1. The van der Waals surface area contributed by atoms with E-state index < -0.39 is 5.97 Å². The van der Waals surface area contributed by atoms with Crippen LogP contribution in [0, 0.1) is 11.3 Å². The lowest BCUT2D eigenvalue weighted by Gasteiger charge is -2.02. The second-order valence-corrected chi connectivity index (χ2v) is 5.76. The molecule has 90 valence electrons. The minimum absolute atomic E-state index is 0.0632. The Bertz CT molecular complexity index is 463. The number of carboxylic acids is 1.